The van der Waals surface area contributed by atoms with Gasteiger partial charge in [0, 0.05) is 26.1 Å². The highest BCUT2D eigenvalue weighted by Crippen LogP contribution is 2.43. The summed E-state index contributed by atoms with van der Waals surface area (Å²) in [6.07, 6.45) is 1.27. The van der Waals surface area contributed by atoms with Gasteiger partial charge in [-0.2, -0.15) is 5.26 Å². The van der Waals surface area contributed by atoms with Crippen molar-refractivity contribution in [3.8, 4) is 6.07 Å². The van der Waals surface area contributed by atoms with E-state index >= 15 is 0 Å². The average Bonchev–Trinajstić information content (AvgIpc) is 2.81. The van der Waals surface area contributed by atoms with E-state index in [2.05, 4.69) is 58.8 Å². The third-order valence-corrected chi connectivity index (χ3v) is 6.46. The zero-order chi connectivity index (χ0) is 15.9. The molecule has 0 aliphatic carbocycles. The molecule has 0 radical (unpaired) electrons. The van der Waals surface area contributed by atoms with Crippen LogP contribution in [0.15, 0.2) is 34.9 Å². The Morgan fingerprint density at radius 2 is 2.09 bits per heavy atom. The first-order valence-electron chi connectivity index (χ1n) is 6.94. The topological polar surface area (TPSA) is 45.9 Å². The SMILES string of the molecule is C[Si](C)(C)OC(C#N)c1sc2ccc3ncccc3c2c1Br. The summed E-state index contributed by atoms with van der Waals surface area (Å²) in [6, 6.07) is 10.4. The summed E-state index contributed by atoms with van der Waals surface area (Å²) in [5.74, 6) is 0. The lowest BCUT2D eigenvalue weighted by Crippen LogP contribution is -2.27. The van der Waals surface area contributed by atoms with Crippen LogP contribution < -0.4 is 0 Å². The van der Waals surface area contributed by atoms with Gasteiger partial charge in [0.15, 0.2) is 14.4 Å². The lowest BCUT2D eigenvalue weighted by Gasteiger charge is -2.21. The Kier molecular flexibility index (Phi) is 4.08. The normalized spacial score (nSPS) is 13.4. The van der Waals surface area contributed by atoms with Crippen LogP contribution >= 0.6 is 27.3 Å². The third-order valence-electron chi connectivity index (χ3n) is 3.23. The van der Waals surface area contributed by atoms with Crippen LogP contribution in [0.25, 0.3) is 21.0 Å². The fraction of sp³-hybridized carbons (Fsp3) is 0.250. The number of fused-ring (bicyclic) bond motifs is 3. The second-order valence-electron chi connectivity index (χ2n) is 6.03. The quantitative estimate of drug-likeness (QED) is 0.544. The molecule has 1 aromatic carbocycles. The van der Waals surface area contributed by atoms with Crippen molar-refractivity contribution in [1.82, 2.24) is 4.98 Å². The molecule has 0 N–H and O–H groups in total. The van der Waals surface area contributed by atoms with E-state index in [1.54, 1.807) is 17.5 Å². The van der Waals surface area contributed by atoms with Gasteiger partial charge in [-0.1, -0.05) is 6.07 Å². The lowest BCUT2D eigenvalue weighted by molar-refractivity contribution is 0.258. The van der Waals surface area contributed by atoms with Crippen LogP contribution in [-0.4, -0.2) is 13.3 Å². The number of halogens is 1. The second kappa shape index (κ2) is 5.74. The molecule has 0 saturated carbocycles. The molecule has 0 spiro atoms. The highest BCUT2D eigenvalue weighted by Gasteiger charge is 2.26. The minimum atomic E-state index is -1.80. The minimum absolute atomic E-state index is 0.523. The smallest absolute Gasteiger partial charge is 0.186 e. The molecule has 3 nitrogen and oxygen atoms in total. The molecular weight excluding hydrogens is 376 g/mol. The molecule has 3 rings (SSSR count). The molecule has 3 aromatic rings. The first kappa shape index (κ1) is 15.6. The van der Waals surface area contributed by atoms with E-state index in [4.69, 9.17) is 4.43 Å². The standard InChI is InChI=1S/C16H15BrN2OSSi/c1-22(2,3)20-12(9-18)16-15(17)14-10-5-4-8-19-11(10)6-7-13(14)21-16/h4-8,12H,1-3H3. The summed E-state index contributed by atoms with van der Waals surface area (Å²) in [7, 11) is -1.80. The maximum Gasteiger partial charge on any atom is 0.186 e. The van der Waals surface area contributed by atoms with Crippen molar-refractivity contribution in [1.29, 1.82) is 5.26 Å². The van der Waals surface area contributed by atoms with Gasteiger partial charge in [-0.05, 0) is 53.8 Å². The maximum absolute atomic E-state index is 9.53. The first-order valence-corrected chi connectivity index (χ1v) is 12.0. The van der Waals surface area contributed by atoms with Gasteiger partial charge in [0.1, 0.15) is 0 Å². The van der Waals surface area contributed by atoms with Crippen LogP contribution in [-0.2, 0) is 4.43 Å². The Morgan fingerprint density at radius 3 is 2.77 bits per heavy atom. The molecule has 0 aliphatic heterocycles. The van der Waals surface area contributed by atoms with Crippen molar-refractivity contribution in [3.63, 3.8) is 0 Å². The molecule has 0 saturated heterocycles. The van der Waals surface area contributed by atoms with Crippen molar-refractivity contribution in [2.24, 2.45) is 0 Å². The Bertz CT molecular complexity index is 895. The fourth-order valence-electron chi connectivity index (χ4n) is 2.39. The van der Waals surface area contributed by atoms with Crippen molar-refractivity contribution in [2.45, 2.75) is 25.7 Å². The predicted octanol–water partition coefficient (Wildman–Crippen LogP) is 5.63. The zero-order valence-corrected chi connectivity index (χ0v) is 16.0. The van der Waals surface area contributed by atoms with Crippen LogP contribution in [0.1, 0.15) is 11.0 Å². The highest BCUT2D eigenvalue weighted by molar-refractivity contribution is 9.10. The van der Waals surface area contributed by atoms with E-state index in [9.17, 15) is 5.26 Å². The largest absolute Gasteiger partial charge is 0.398 e. The van der Waals surface area contributed by atoms with Gasteiger partial charge in [0.25, 0.3) is 0 Å². The van der Waals surface area contributed by atoms with Crippen molar-refractivity contribution in [2.75, 3.05) is 0 Å². The number of rotatable bonds is 3. The van der Waals surface area contributed by atoms with Gasteiger partial charge in [-0.3, -0.25) is 4.98 Å². The molecule has 1 atom stereocenters. The van der Waals surface area contributed by atoms with Crippen molar-refractivity contribution < 1.29 is 4.43 Å². The van der Waals surface area contributed by atoms with E-state index in [0.29, 0.717) is 0 Å². The lowest BCUT2D eigenvalue weighted by atomic mass is 10.1. The zero-order valence-electron chi connectivity index (χ0n) is 12.6. The predicted molar refractivity (Wildman–Crippen MR) is 97.6 cm³/mol. The summed E-state index contributed by atoms with van der Waals surface area (Å²) in [5.41, 5.74) is 0.958. The molecule has 0 bridgehead atoms. The van der Waals surface area contributed by atoms with Crippen LogP contribution in [0.3, 0.4) is 0 Å². The molecule has 6 heteroatoms. The molecule has 112 valence electrons. The van der Waals surface area contributed by atoms with E-state index < -0.39 is 14.4 Å². The Labute approximate surface area is 142 Å². The number of hydrogen-bond donors (Lipinski definition) is 0. The summed E-state index contributed by atoms with van der Waals surface area (Å²) >= 11 is 5.30. The van der Waals surface area contributed by atoms with E-state index in [-0.39, 0.29) is 0 Å². The number of benzene rings is 1. The van der Waals surface area contributed by atoms with Crippen molar-refractivity contribution >= 4 is 56.6 Å². The van der Waals surface area contributed by atoms with Crippen molar-refractivity contribution in [3.05, 3.63) is 39.8 Å². The molecule has 2 heterocycles. The molecule has 1 unspecified atom stereocenters. The average molecular weight is 391 g/mol. The summed E-state index contributed by atoms with van der Waals surface area (Å²) in [6.45, 7) is 6.29. The Hall–Kier alpha value is -1.26. The number of nitrogens with zero attached hydrogens (tertiary/aromatic N) is 2. The minimum Gasteiger partial charge on any atom is -0.398 e. The monoisotopic (exact) mass is 390 g/mol. The van der Waals surface area contributed by atoms with Gasteiger partial charge < -0.3 is 4.43 Å². The molecule has 0 fully saturated rings. The van der Waals surface area contributed by atoms with Gasteiger partial charge in [-0.25, -0.2) is 0 Å². The number of hydrogen-bond acceptors (Lipinski definition) is 4. The second-order valence-corrected chi connectivity index (χ2v) is 12.4. The van der Waals surface area contributed by atoms with Crippen LogP contribution in [0.4, 0.5) is 0 Å². The summed E-state index contributed by atoms with van der Waals surface area (Å²) in [5, 5.41) is 11.7. The Morgan fingerprint density at radius 1 is 1.32 bits per heavy atom. The molecule has 0 amide bonds. The Balaban J connectivity index is 2.22. The number of nitriles is 1. The molecule has 2 aromatic heterocycles. The van der Waals surface area contributed by atoms with E-state index in [1.165, 1.54) is 0 Å². The van der Waals surface area contributed by atoms with Gasteiger partial charge >= 0.3 is 0 Å². The maximum atomic E-state index is 9.53. The number of pyridine rings is 1. The molecule has 0 aliphatic rings. The molecule has 22 heavy (non-hydrogen) atoms. The summed E-state index contributed by atoms with van der Waals surface area (Å²) < 4.78 is 8.13. The first-order chi connectivity index (χ1) is 10.4. The van der Waals surface area contributed by atoms with E-state index in [0.717, 1.165) is 30.3 Å². The van der Waals surface area contributed by atoms with Gasteiger partial charge in [-0.15, -0.1) is 11.3 Å². The van der Waals surface area contributed by atoms with Gasteiger partial charge in [0.05, 0.1) is 16.5 Å². The molecular formula is C16H15BrN2OSSi. The number of thiophene rings is 1. The summed E-state index contributed by atoms with van der Waals surface area (Å²) in [4.78, 5) is 5.34. The van der Waals surface area contributed by atoms with Crippen LogP contribution in [0, 0.1) is 11.3 Å². The van der Waals surface area contributed by atoms with E-state index in [1.807, 2.05) is 12.1 Å². The fourth-order valence-corrected chi connectivity index (χ4v) is 5.45. The van der Waals surface area contributed by atoms with Crippen LogP contribution in [0.2, 0.25) is 19.6 Å². The van der Waals surface area contributed by atoms with Gasteiger partial charge in [0.2, 0.25) is 0 Å². The highest BCUT2D eigenvalue weighted by atomic mass is 79.9. The van der Waals surface area contributed by atoms with Crippen LogP contribution in [0.5, 0.6) is 0 Å². The number of aromatic nitrogens is 1. The third kappa shape index (κ3) is 2.82.